The van der Waals surface area contributed by atoms with Gasteiger partial charge in [-0.15, -0.1) is 10.2 Å². The van der Waals surface area contributed by atoms with Gasteiger partial charge in [-0.05, 0) is 62.4 Å². The highest BCUT2D eigenvalue weighted by molar-refractivity contribution is 7.17. The number of anilines is 1. The second kappa shape index (κ2) is 9.33. The van der Waals surface area contributed by atoms with E-state index in [1.807, 2.05) is 32.0 Å². The van der Waals surface area contributed by atoms with Crippen LogP contribution in [0.15, 0.2) is 53.4 Å². The molecule has 1 aliphatic rings. The average Bonchev–Trinajstić information content (AvgIpc) is 3.51. The van der Waals surface area contributed by atoms with Crippen LogP contribution in [-0.4, -0.2) is 21.3 Å². The van der Waals surface area contributed by atoms with Gasteiger partial charge in [0, 0.05) is 17.2 Å². The van der Waals surface area contributed by atoms with Gasteiger partial charge >= 0.3 is 0 Å². The van der Waals surface area contributed by atoms with Crippen molar-refractivity contribution < 1.29 is 9.15 Å². The summed E-state index contributed by atoms with van der Waals surface area (Å²) in [5.41, 5.74) is 11.6. The van der Waals surface area contributed by atoms with E-state index in [2.05, 4.69) is 38.7 Å². The van der Waals surface area contributed by atoms with E-state index in [0.29, 0.717) is 18.0 Å². The number of rotatable bonds is 7. The number of ether oxygens (including phenoxy) is 1. The summed E-state index contributed by atoms with van der Waals surface area (Å²) in [4.78, 5) is 4.00. The van der Waals surface area contributed by atoms with E-state index in [9.17, 15) is 0 Å². The lowest BCUT2D eigenvalue weighted by molar-refractivity contribution is 0.244. The summed E-state index contributed by atoms with van der Waals surface area (Å²) < 4.78 is 11.1. The van der Waals surface area contributed by atoms with Crippen molar-refractivity contribution >= 4 is 17.0 Å². The first kappa shape index (κ1) is 21.6. The SMILES string of the molecule is CC(C)Oc1ccc(-c2nnc(-c3cccc4c3CCC[C@@H]4NCc3cnco3)s2)cc1N. The zero-order valence-corrected chi connectivity index (χ0v) is 19.6. The fourth-order valence-electron chi connectivity index (χ4n) is 4.31. The highest BCUT2D eigenvalue weighted by Gasteiger charge is 2.24. The number of aromatic nitrogens is 3. The molecule has 1 aliphatic carbocycles. The number of hydrogen-bond acceptors (Lipinski definition) is 8. The smallest absolute Gasteiger partial charge is 0.180 e. The second-order valence-corrected chi connectivity index (χ2v) is 9.48. The molecule has 2 aromatic carbocycles. The summed E-state index contributed by atoms with van der Waals surface area (Å²) in [6.45, 7) is 4.63. The highest BCUT2D eigenvalue weighted by atomic mass is 32.1. The molecule has 0 bridgehead atoms. The van der Waals surface area contributed by atoms with Crippen LogP contribution in [0.3, 0.4) is 0 Å². The number of benzene rings is 2. The first-order valence-corrected chi connectivity index (χ1v) is 12.0. The molecule has 0 saturated carbocycles. The molecule has 0 amide bonds. The molecule has 0 aliphatic heterocycles. The zero-order chi connectivity index (χ0) is 22.8. The normalized spacial score (nSPS) is 15.5. The van der Waals surface area contributed by atoms with E-state index in [1.165, 1.54) is 17.5 Å². The lowest BCUT2D eigenvalue weighted by atomic mass is 9.85. The maximum absolute atomic E-state index is 6.21. The fourth-order valence-corrected chi connectivity index (χ4v) is 5.20. The minimum Gasteiger partial charge on any atom is -0.489 e. The maximum atomic E-state index is 6.21. The number of nitrogens with two attached hydrogens (primary N) is 1. The van der Waals surface area contributed by atoms with Crippen molar-refractivity contribution in [1.82, 2.24) is 20.5 Å². The van der Waals surface area contributed by atoms with Gasteiger partial charge in [0.2, 0.25) is 0 Å². The maximum Gasteiger partial charge on any atom is 0.180 e. The summed E-state index contributed by atoms with van der Waals surface area (Å²) in [6.07, 6.45) is 6.55. The molecule has 0 spiro atoms. The number of oxazole rings is 1. The third kappa shape index (κ3) is 4.62. The largest absolute Gasteiger partial charge is 0.489 e. The van der Waals surface area contributed by atoms with Gasteiger partial charge < -0.3 is 20.2 Å². The molecule has 2 heterocycles. The average molecular weight is 462 g/mol. The van der Waals surface area contributed by atoms with Crippen molar-refractivity contribution in [3.05, 3.63) is 65.9 Å². The number of hydrogen-bond donors (Lipinski definition) is 2. The Morgan fingerprint density at radius 1 is 1.21 bits per heavy atom. The molecule has 0 radical (unpaired) electrons. The lowest BCUT2D eigenvalue weighted by Gasteiger charge is -2.27. The molecule has 3 N–H and O–H groups in total. The predicted octanol–water partition coefficient (Wildman–Crippen LogP) is 5.40. The first-order valence-electron chi connectivity index (χ1n) is 11.2. The molecule has 4 aromatic rings. The van der Waals surface area contributed by atoms with Gasteiger partial charge in [-0.3, -0.25) is 0 Å². The molecule has 0 fully saturated rings. The Balaban J connectivity index is 1.40. The van der Waals surface area contributed by atoms with Crippen LogP contribution < -0.4 is 15.8 Å². The lowest BCUT2D eigenvalue weighted by Crippen LogP contribution is -2.25. The molecule has 8 heteroatoms. The molecule has 170 valence electrons. The van der Waals surface area contributed by atoms with Crippen molar-refractivity contribution in [3.63, 3.8) is 0 Å². The molecule has 7 nitrogen and oxygen atoms in total. The van der Waals surface area contributed by atoms with E-state index >= 15 is 0 Å². The van der Waals surface area contributed by atoms with Crippen LogP contribution in [0.5, 0.6) is 5.75 Å². The monoisotopic (exact) mass is 461 g/mol. The van der Waals surface area contributed by atoms with Crippen LogP contribution >= 0.6 is 11.3 Å². The number of fused-ring (bicyclic) bond motifs is 1. The molecule has 1 atom stereocenters. The van der Waals surface area contributed by atoms with Gasteiger partial charge in [-0.25, -0.2) is 4.98 Å². The van der Waals surface area contributed by atoms with E-state index in [1.54, 1.807) is 17.5 Å². The minimum atomic E-state index is 0.0737. The number of nitrogens with zero attached hydrogens (tertiary/aromatic N) is 3. The van der Waals surface area contributed by atoms with E-state index in [0.717, 1.165) is 46.2 Å². The van der Waals surface area contributed by atoms with Gasteiger partial charge in [0.1, 0.15) is 21.5 Å². The summed E-state index contributed by atoms with van der Waals surface area (Å²) >= 11 is 1.59. The van der Waals surface area contributed by atoms with Crippen molar-refractivity contribution in [2.75, 3.05) is 5.73 Å². The summed E-state index contributed by atoms with van der Waals surface area (Å²) in [6, 6.07) is 12.6. The minimum absolute atomic E-state index is 0.0737. The molecule has 33 heavy (non-hydrogen) atoms. The number of nitrogen functional groups attached to an aromatic ring is 1. The fraction of sp³-hybridized carbons (Fsp3) is 0.320. The Kier molecular flexibility index (Phi) is 6.11. The van der Waals surface area contributed by atoms with E-state index in [4.69, 9.17) is 14.9 Å². The zero-order valence-electron chi connectivity index (χ0n) is 18.7. The van der Waals surface area contributed by atoms with Crippen LogP contribution in [-0.2, 0) is 13.0 Å². The van der Waals surface area contributed by atoms with Crippen LogP contribution in [0.2, 0.25) is 0 Å². The number of nitrogens with one attached hydrogen (secondary N) is 1. The molecular formula is C25H27N5O2S. The molecule has 5 rings (SSSR count). The molecule has 0 unspecified atom stereocenters. The summed E-state index contributed by atoms with van der Waals surface area (Å²) in [5, 5.41) is 14.4. The third-order valence-corrected chi connectivity index (χ3v) is 6.79. The Bertz CT molecular complexity index is 1240. The highest BCUT2D eigenvalue weighted by Crippen LogP contribution is 2.39. The Hall–Kier alpha value is -3.23. The van der Waals surface area contributed by atoms with Crippen molar-refractivity contribution in [2.24, 2.45) is 0 Å². The van der Waals surface area contributed by atoms with Gasteiger partial charge in [-0.2, -0.15) is 0 Å². The Morgan fingerprint density at radius 3 is 2.88 bits per heavy atom. The molecular weight excluding hydrogens is 434 g/mol. The van der Waals surface area contributed by atoms with Gasteiger partial charge in [0.05, 0.1) is 24.5 Å². The quantitative estimate of drug-likeness (QED) is 0.356. The standard InChI is InChI=1S/C25H27N5O2S/c1-15(2)32-23-10-9-16(11-21(23)26)24-29-30-25(33-24)20-7-3-6-19-18(20)5-4-8-22(19)28-13-17-12-27-14-31-17/h3,6-7,9-12,14-15,22,28H,4-5,8,13,26H2,1-2H3/t22-/m0/s1. The Morgan fingerprint density at radius 2 is 2.09 bits per heavy atom. The van der Waals surface area contributed by atoms with Gasteiger partial charge in [0.15, 0.2) is 6.39 Å². The summed E-state index contributed by atoms with van der Waals surface area (Å²) in [7, 11) is 0. The van der Waals surface area contributed by atoms with Crippen LogP contribution in [0.4, 0.5) is 5.69 Å². The van der Waals surface area contributed by atoms with Crippen molar-refractivity contribution in [2.45, 2.75) is 51.8 Å². The Labute approximate surface area is 197 Å². The summed E-state index contributed by atoms with van der Waals surface area (Å²) in [5.74, 6) is 1.54. The topological polar surface area (TPSA) is 99.1 Å². The molecule has 2 aromatic heterocycles. The van der Waals surface area contributed by atoms with Gasteiger partial charge in [-0.1, -0.05) is 29.5 Å². The third-order valence-electron chi connectivity index (χ3n) is 5.79. The van der Waals surface area contributed by atoms with Crippen LogP contribution in [0.1, 0.15) is 49.6 Å². The van der Waals surface area contributed by atoms with E-state index < -0.39 is 0 Å². The molecule has 0 saturated heterocycles. The predicted molar refractivity (Wildman–Crippen MR) is 130 cm³/mol. The first-order chi connectivity index (χ1) is 16.1. The van der Waals surface area contributed by atoms with Crippen LogP contribution in [0.25, 0.3) is 21.1 Å². The van der Waals surface area contributed by atoms with Crippen molar-refractivity contribution in [3.8, 4) is 26.9 Å². The van der Waals surface area contributed by atoms with E-state index in [-0.39, 0.29) is 12.1 Å². The van der Waals surface area contributed by atoms with Gasteiger partial charge in [0.25, 0.3) is 0 Å². The second-order valence-electron chi connectivity index (χ2n) is 8.50. The van der Waals surface area contributed by atoms with Crippen LogP contribution in [0, 0.1) is 0 Å². The van der Waals surface area contributed by atoms with Crippen molar-refractivity contribution in [1.29, 1.82) is 0 Å².